The Morgan fingerprint density at radius 1 is 1.10 bits per heavy atom. The van der Waals surface area contributed by atoms with Gasteiger partial charge in [-0.2, -0.15) is 9.78 Å². The molecule has 0 spiro atoms. The van der Waals surface area contributed by atoms with Gasteiger partial charge < -0.3 is 10.6 Å². The second-order valence-corrected chi connectivity index (χ2v) is 8.30. The molecule has 0 bridgehead atoms. The molecule has 1 aliphatic rings. The average molecular weight is 439 g/mol. The molecule has 1 atom stereocenters. The van der Waals surface area contributed by atoms with E-state index in [0.29, 0.717) is 22.7 Å². The van der Waals surface area contributed by atoms with Crippen molar-refractivity contribution < 1.29 is 9.59 Å². The van der Waals surface area contributed by atoms with Crippen molar-refractivity contribution >= 4 is 29.2 Å². The maximum absolute atomic E-state index is 12.7. The van der Waals surface area contributed by atoms with E-state index in [1.807, 2.05) is 26.0 Å². The van der Waals surface area contributed by atoms with Gasteiger partial charge in [0.05, 0.1) is 11.7 Å². The monoisotopic (exact) mass is 438 g/mol. The Morgan fingerprint density at radius 2 is 1.77 bits per heavy atom. The third-order valence-electron chi connectivity index (χ3n) is 5.12. The fourth-order valence-electron chi connectivity index (χ4n) is 3.28. The van der Waals surface area contributed by atoms with Gasteiger partial charge in [-0.05, 0) is 48.4 Å². The van der Waals surface area contributed by atoms with Crippen molar-refractivity contribution in [1.29, 1.82) is 0 Å². The second kappa shape index (κ2) is 8.85. The topological polar surface area (TPSA) is 102 Å². The van der Waals surface area contributed by atoms with Crippen LogP contribution in [-0.2, 0) is 9.59 Å². The first-order valence-electron chi connectivity index (χ1n) is 10.2. The summed E-state index contributed by atoms with van der Waals surface area (Å²) in [4.78, 5) is 33.8. The summed E-state index contributed by atoms with van der Waals surface area (Å²) in [5, 5.41) is 10.6. The predicted octanol–water partition coefficient (Wildman–Crippen LogP) is 3.65. The SMILES string of the molecule is CC(C)c1cc(NC(=O)C(=O)N[C@H](c2ccc(Cl)cc2)C2CC2)n(-c2ncccn2)n1. The first-order valence-corrected chi connectivity index (χ1v) is 10.5. The van der Waals surface area contributed by atoms with E-state index in [1.54, 1.807) is 36.7 Å². The molecule has 160 valence electrons. The van der Waals surface area contributed by atoms with Gasteiger partial charge in [-0.15, -0.1) is 0 Å². The number of halogens is 1. The van der Waals surface area contributed by atoms with Crippen LogP contribution in [0.1, 0.15) is 49.9 Å². The molecule has 0 radical (unpaired) electrons. The molecule has 1 fully saturated rings. The Balaban J connectivity index is 1.52. The molecule has 0 saturated heterocycles. The zero-order valence-corrected chi connectivity index (χ0v) is 18.0. The van der Waals surface area contributed by atoms with Crippen molar-refractivity contribution in [3.63, 3.8) is 0 Å². The molecule has 1 aliphatic carbocycles. The highest BCUT2D eigenvalue weighted by Crippen LogP contribution is 2.41. The van der Waals surface area contributed by atoms with Crippen molar-refractivity contribution in [1.82, 2.24) is 25.1 Å². The fraction of sp³-hybridized carbons (Fsp3) is 0.318. The summed E-state index contributed by atoms with van der Waals surface area (Å²) in [6.07, 6.45) is 5.18. The molecule has 8 nitrogen and oxygen atoms in total. The van der Waals surface area contributed by atoms with Crippen LogP contribution in [0.5, 0.6) is 0 Å². The maximum atomic E-state index is 12.7. The molecule has 31 heavy (non-hydrogen) atoms. The van der Waals surface area contributed by atoms with Gasteiger partial charge in [0.15, 0.2) is 0 Å². The van der Waals surface area contributed by atoms with Gasteiger partial charge in [0.1, 0.15) is 5.82 Å². The van der Waals surface area contributed by atoms with Gasteiger partial charge in [0.2, 0.25) is 0 Å². The average Bonchev–Trinajstić information content (AvgIpc) is 3.52. The Kier molecular flexibility index (Phi) is 5.99. The number of benzene rings is 1. The molecule has 2 amide bonds. The van der Waals surface area contributed by atoms with Crippen LogP contribution in [0.2, 0.25) is 5.02 Å². The van der Waals surface area contributed by atoms with Crippen molar-refractivity contribution in [3.05, 3.63) is 65.1 Å². The van der Waals surface area contributed by atoms with Crippen LogP contribution < -0.4 is 10.6 Å². The first-order chi connectivity index (χ1) is 14.9. The number of hydrogen-bond donors (Lipinski definition) is 2. The smallest absolute Gasteiger partial charge is 0.314 e. The third kappa shape index (κ3) is 4.91. The van der Waals surface area contributed by atoms with Gasteiger partial charge in [0, 0.05) is 23.5 Å². The molecule has 0 aliphatic heterocycles. The molecule has 2 aromatic heterocycles. The minimum Gasteiger partial charge on any atom is -0.341 e. The fourth-order valence-corrected chi connectivity index (χ4v) is 3.40. The van der Waals surface area contributed by atoms with E-state index in [4.69, 9.17) is 11.6 Å². The lowest BCUT2D eigenvalue weighted by Crippen LogP contribution is -2.39. The van der Waals surface area contributed by atoms with E-state index in [-0.39, 0.29) is 12.0 Å². The molecular weight excluding hydrogens is 416 g/mol. The Labute approximate surface area is 185 Å². The van der Waals surface area contributed by atoms with Crippen LogP contribution in [0.4, 0.5) is 5.82 Å². The van der Waals surface area contributed by atoms with Crippen molar-refractivity contribution in [2.75, 3.05) is 5.32 Å². The van der Waals surface area contributed by atoms with Gasteiger partial charge in [0.25, 0.3) is 5.95 Å². The molecule has 0 unspecified atom stereocenters. The Hall–Kier alpha value is -3.26. The molecule has 2 heterocycles. The molecule has 4 rings (SSSR count). The number of nitrogens with zero attached hydrogens (tertiary/aromatic N) is 4. The van der Waals surface area contributed by atoms with Crippen LogP contribution >= 0.6 is 11.6 Å². The second-order valence-electron chi connectivity index (χ2n) is 7.86. The number of carbonyl (C=O) groups excluding carboxylic acids is 2. The number of nitrogens with one attached hydrogen (secondary N) is 2. The van der Waals surface area contributed by atoms with Crippen LogP contribution in [0.25, 0.3) is 5.95 Å². The Morgan fingerprint density at radius 3 is 2.39 bits per heavy atom. The molecule has 3 aromatic rings. The quantitative estimate of drug-likeness (QED) is 0.572. The minimum atomic E-state index is -0.771. The normalized spacial score (nSPS) is 14.3. The number of hydrogen-bond acceptors (Lipinski definition) is 5. The number of carbonyl (C=O) groups is 2. The minimum absolute atomic E-state index is 0.124. The van der Waals surface area contributed by atoms with Crippen molar-refractivity contribution in [3.8, 4) is 5.95 Å². The highest BCUT2D eigenvalue weighted by Gasteiger charge is 2.34. The lowest BCUT2D eigenvalue weighted by Gasteiger charge is -2.18. The lowest BCUT2D eigenvalue weighted by molar-refractivity contribution is -0.136. The van der Waals surface area contributed by atoms with E-state index in [2.05, 4.69) is 25.7 Å². The van der Waals surface area contributed by atoms with E-state index in [1.165, 1.54) is 4.68 Å². The lowest BCUT2D eigenvalue weighted by atomic mass is 10.0. The molecular formula is C22H23ClN6O2. The standard InChI is InChI=1S/C22H23ClN6O2/c1-13(2)17-12-18(29(28-17)22-24-10-3-11-25-22)26-20(30)21(31)27-19(14-4-5-14)15-6-8-16(23)9-7-15/h3,6-14,19H,4-5H2,1-2H3,(H,26,30)(H,27,31)/t19-/m0/s1. The molecule has 1 saturated carbocycles. The van der Waals surface area contributed by atoms with E-state index in [9.17, 15) is 9.59 Å². The number of amides is 2. The largest absolute Gasteiger partial charge is 0.341 e. The summed E-state index contributed by atoms with van der Waals surface area (Å²) in [5.41, 5.74) is 1.68. The van der Waals surface area contributed by atoms with E-state index >= 15 is 0 Å². The van der Waals surface area contributed by atoms with Gasteiger partial charge >= 0.3 is 11.8 Å². The van der Waals surface area contributed by atoms with Gasteiger partial charge in [-0.25, -0.2) is 9.97 Å². The van der Waals surface area contributed by atoms with E-state index < -0.39 is 11.8 Å². The first kappa shape index (κ1) is 21.0. The zero-order chi connectivity index (χ0) is 22.0. The van der Waals surface area contributed by atoms with Crippen LogP contribution in [0.3, 0.4) is 0 Å². The van der Waals surface area contributed by atoms with Crippen molar-refractivity contribution in [2.24, 2.45) is 5.92 Å². The molecule has 9 heteroatoms. The summed E-state index contributed by atoms with van der Waals surface area (Å²) in [7, 11) is 0. The molecule has 2 N–H and O–H groups in total. The predicted molar refractivity (Wildman–Crippen MR) is 117 cm³/mol. The molecule has 1 aromatic carbocycles. The highest BCUT2D eigenvalue weighted by molar-refractivity contribution is 6.39. The Bertz CT molecular complexity index is 1080. The number of anilines is 1. The van der Waals surface area contributed by atoms with Gasteiger partial charge in [-0.1, -0.05) is 37.6 Å². The maximum Gasteiger partial charge on any atom is 0.314 e. The highest BCUT2D eigenvalue weighted by atomic mass is 35.5. The van der Waals surface area contributed by atoms with Crippen LogP contribution in [-0.4, -0.2) is 31.6 Å². The van der Waals surface area contributed by atoms with E-state index in [0.717, 1.165) is 24.1 Å². The summed E-state index contributed by atoms with van der Waals surface area (Å²) >= 11 is 5.98. The van der Waals surface area contributed by atoms with Gasteiger partial charge in [-0.3, -0.25) is 9.59 Å². The number of rotatable bonds is 6. The van der Waals surface area contributed by atoms with Crippen LogP contribution in [0.15, 0.2) is 48.8 Å². The summed E-state index contributed by atoms with van der Waals surface area (Å²) in [6.45, 7) is 3.98. The summed E-state index contributed by atoms with van der Waals surface area (Å²) < 4.78 is 1.43. The zero-order valence-electron chi connectivity index (χ0n) is 17.2. The number of aromatic nitrogens is 4. The summed E-state index contributed by atoms with van der Waals surface area (Å²) in [6, 6.07) is 10.5. The summed E-state index contributed by atoms with van der Waals surface area (Å²) in [5.74, 6) is -0.398. The van der Waals surface area contributed by atoms with Crippen LogP contribution in [0, 0.1) is 5.92 Å². The van der Waals surface area contributed by atoms with Crippen molar-refractivity contribution in [2.45, 2.75) is 38.6 Å². The third-order valence-corrected chi connectivity index (χ3v) is 5.37.